The smallest absolute Gasteiger partial charge is 0.257 e. The molecule has 0 spiro atoms. The highest BCUT2D eigenvalue weighted by atomic mass is 32.2. The van der Waals surface area contributed by atoms with Gasteiger partial charge in [0.2, 0.25) is 5.91 Å². The van der Waals surface area contributed by atoms with E-state index in [1.807, 2.05) is 31.2 Å². The van der Waals surface area contributed by atoms with Gasteiger partial charge in [0.15, 0.2) is 5.16 Å². The summed E-state index contributed by atoms with van der Waals surface area (Å²) in [5.74, 6) is 1.08. The molecule has 1 aromatic carbocycles. The van der Waals surface area contributed by atoms with Crippen molar-refractivity contribution in [2.24, 2.45) is 0 Å². The quantitative estimate of drug-likeness (QED) is 0.848. The van der Waals surface area contributed by atoms with Crippen molar-refractivity contribution < 1.29 is 4.79 Å². The molecule has 1 aliphatic heterocycles. The lowest BCUT2D eigenvalue weighted by molar-refractivity contribution is -0.116. The molecule has 5 nitrogen and oxygen atoms in total. The van der Waals surface area contributed by atoms with E-state index in [0.29, 0.717) is 22.4 Å². The summed E-state index contributed by atoms with van der Waals surface area (Å²) in [4.78, 5) is 29.4. The van der Waals surface area contributed by atoms with Crippen LogP contribution in [-0.4, -0.2) is 21.2 Å². The maximum Gasteiger partial charge on any atom is 0.257 e. The van der Waals surface area contributed by atoms with Gasteiger partial charge >= 0.3 is 0 Å². The predicted octanol–water partition coefficient (Wildman–Crippen LogP) is 3.66. The Balaban J connectivity index is 1.71. The van der Waals surface area contributed by atoms with Crippen LogP contribution in [0.2, 0.25) is 0 Å². The van der Waals surface area contributed by atoms with Crippen molar-refractivity contribution in [1.29, 1.82) is 0 Å². The molecule has 3 rings (SSSR count). The minimum atomic E-state index is -0.144. The number of thioether (sulfide) groups is 1. The second-order valence-electron chi connectivity index (χ2n) is 6.77. The predicted molar refractivity (Wildman–Crippen MR) is 102 cm³/mol. The Morgan fingerprint density at radius 3 is 2.64 bits per heavy atom. The molecular weight excluding hydrogens is 334 g/mol. The van der Waals surface area contributed by atoms with Gasteiger partial charge in [0, 0.05) is 29.1 Å². The Bertz CT molecular complexity index is 856. The molecule has 2 heterocycles. The summed E-state index contributed by atoms with van der Waals surface area (Å²) in [5, 5.41) is 3.64. The van der Waals surface area contributed by atoms with Crippen molar-refractivity contribution in [1.82, 2.24) is 9.55 Å². The number of aryl methyl sites for hydroxylation is 1. The standard InChI is InChI=1S/C19H23N3O2S/c1-11(2)14-5-7-15(8-6-14)21-17(23)9-16-10-25-19-20-13(4)12(3)18(24)22(16)19/h5-8,11,16H,9-10H2,1-4H3,(H,21,23). The molecule has 1 N–H and O–H groups in total. The first-order valence-corrected chi connectivity index (χ1v) is 9.47. The third-order valence-corrected chi connectivity index (χ3v) is 5.70. The number of nitrogens with zero attached hydrogens (tertiary/aromatic N) is 2. The van der Waals surface area contributed by atoms with Crippen LogP contribution in [0.1, 0.15) is 49.0 Å². The first kappa shape index (κ1) is 17.7. The van der Waals surface area contributed by atoms with Crippen LogP contribution >= 0.6 is 11.8 Å². The first-order chi connectivity index (χ1) is 11.9. The van der Waals surface area contributed by atoms with Gasteiger partial charge in [-0.1, -0.05) is 37.7 Å². The molecule has 0 saturated heterocycles. The van der Waals surface area contributed by atoms with E-state index in [1.54, 1.807) is 11.5 Å². The number of aromatic nitrogens is 2. The Hall–Kier alpha value is -2.08. The van der Waals surface area contributed by atoms with Crippen LogP contribution in [0, 0.1) is 13.8 Å². The van der Waals surface area contributed by atoms with Gasteiger partial charge in [-0.2, -0.15) is 0 Å². The van der Waals surface area contributed by atoms with Crippen LogP contribution < -0.4 is 10.9 Å². The third-order valence-electron chi connectivity index (χ3n) is 4.60. The van der Waals surface area contributed by atoms with Crippen molar-refractivity contribution in [3.63, 3.8) is 0 Å². The molecule has 0 aliphatic carbocycles. The number of amides is 1. The van der Waals surface area contributed by atoms with Crippen molar-refractivity contribution in [2.45, 2.75) is 51.2 Å². The van der Waals surface area contributed by atoms with E-state index in [9.17, 15) is 9.59 Å². The number of carbonyl (C=O) groups excluding carboxylic acids is 1. The third kappa shape index (κ3) is 3.63. The van der Waals surface area contributed by atoms with Gasteiger partial charge in [0.25, 0.3) is 5.56 Å². The summed E-state index contributed by atoms with van der Waals surface area (Å²) in [5.41, 5.74) is 3.40. The lowest BCUT2D eigenvalue weighted by Gasteiger charge is -2.15. The topological polar surface area (TPSA) is 64.0 Å². The molecule has 0 saturated carbocycles. The van der Waals surface area contributed by atoms with Gasteiger partial charge < -0.3 is 5.32 Å². The van der Waals surface area contributed by atoms with E-state index in [4.69, 9.17) is 0 Å². The zero-order chi connectivity index (χ0) is 18.1. The maximum absolute atomic E-state index is 12.5. The van der Waals surface area contributed by atoms with Gasteiger partial charge in [0.05, 0.1) is 6.04 Å². The Kier molecular flexibility index (Phi) is 4.99. The number of benzene rings is 1. The van der Waals surface area contributed by atoms with Crippen LogP contribution in [0.5, 0.6) is 0 Å². The van der Waals surface area contributed by atoms with Crippen molar-refractivity contribution in [3.05, 3.63) is 51.4 Å². The zero-order valence-corrected chi connectivity index (χ0v) is 15.8. The minimum absolute atomic E-state index is 0.0356. The molecule has 1 aliphatic rings. The molecular formula is C19H23N3O2S. The molecule has 25 heavy (non-hydrogen) atoms. The molecule has 0 bridgehead atoms. The van der Waals surface area contributed by atoms with Gasteiger partial charge in [-0.25, -0.2) is 4.98 Å². The molecule has 0 fully saturated rings. The second kappa shape index (κ2) is 7.04. The SMILES string of the molecule is Cc1nc2n(c(=O)c1C)C(CC(=O)Nc1ccc(C(C)C)cc1)CS2. The number of hydrogen-bond donors (Lipinski definition) is 1. The number of rotatable bonds is 4. The molecule has 2 aromatic rings. The van der Waals surface area contributed by atoms with E-state index >= 15 is 0 Å². The average molecular weight is 357 g/mol. The fraction of sp³-hybridized carbons (Fsp3) is 0.421. The van der Waals surface area contributed by atoms with Gasteiger partial charge in [-0.15, -0.1) is 0 Å². The molecule has 1 unspecified atom stereocenters. The van der Waals surface area contributed by atoms with Crippen molar-refractivity contribution in [3.8, 4) is 0 Å². The second-order valence-corrected chi connectivity index (χ2v) is 7.76. The lowest BCUT2D eigenvalue weighted by atomic mass is 10.0. The van der Waals surface area contributed by atoms with Crippen LogP contribution in [0.4, 0.5) is 5.69 Å². The number of nitrogens with one attached hydrogen (secondary N) is 1. The number of fused-ring (bicyclic) bond motifs is 1. The van der Waals surface area contributed by atoms with E-state index in [-0.39, 0.29) is 23.9 Å². The summed E-state index contributed by atoms with van der Waals surface area (Å²) in [6.07, 6.45) is 0.274. The van der Waals surface area contributed by atoms with Crippen LogP contribution in [0.25, 0.3) is 0 Å². The van der Waals surface area contributed by atoms with Gasteiger partial charge in [0.1, 0.15) is 0 Å². The van der Waals surface area contributed by atoms with Crippen LogP contribution in [0.3, 0.4) is 0 Å². The normalized spacial score (nSPS) is 16.1. The zero-order valence-electron chi connectivity index (χ0n) is 15.0. The molecule has 1 amide bonds. The van der Waals surface area contributed by atoms with E-state index in [0.717, 1.165) is 11.4 Å². The number of hydrogen-bond acceptors (Lipinski definition) is 4. The van der Waals surface area contributed by atoms with E-state index in [1.165, 1.54) is 17.3 Å². The van der Waals surface area contributed by atoms with Gasteiger partial charge in [-0.05, 0) is 37.5 Å². The van der Waals surface area contributed by atoms with Crippen molar-refractivity contribution >= 4 is 23.4 Å². The highest BCUT2D eigenvalue weighted by Gasteiger charge is 2.28. The Morgan fingerprint density at radius 2 is 2.00 bits per heavy atom. The highest BCUT2D eigenvalue weighted by molar-refractivity contribution is 7.99. The molecule has 1 atom stereocenters. The Labute approximate surface area is 151 Å². The lowest BCUT2D eigenvalue weighted by Crippen LogP contribution is -2.29. The number of carbonyl (C=O) groups is 1. The maximum atomic E-state index is 12.5. The summed E-state index contributed by atoms with van der Waals surface area (Å²) in [6.45, 7) is 7.91. The van der Waals surface area contributed by atoms with Crippen molar-refractivity contribution in [2.75, 3.05) is 11.1 Å². The fourth-order valence-electron chi connectivity index (χ4n) is 2.90. The average Bonchev–Trinajstić information content (AvgIpc) is 2.95. The molecule has 1 aromatic heterocycles. The molecule has 0 radical (unpaired) electrons. The number of anilines is 1. The highest BCUT2D eigenvalue weighted by Crippen LogP contribution is 2.32. The van der Waals surface area contributed by atoms with Crippen LogP contribution in [0.15, 0.2) is 34.2 Å². The summed E-state index contributed by atoms with van der Waals surface area (Å²) < 4.78 is 1.68. The fourth-order valence-corrected chi connectivity index (χ4v) is 4.08. The summed E-state index contributed by atoms with van der Waals surface area (Å²) in [6, 6.07) is 7.76. The van der Waals surface area contributed by atoms with Crippen LogP contribution in [-0.2, 0) is 4.79 Å². The molecule has 132 valence electrons. The van der Waals surface area contributed by atoms with E-state index < -0.39 is 0 Å². The monoisotopic (exact) mass is 357 g/mol. The van der Waals surface area contributed by atoms with Gasteiger partial charge in [-0.3, -0.25) is 14.2 Å². The largest absolute Gasteiger partial charge is 0.326 e. The summed E-state index contributed by atoms with van der Waals surface area (Å²) >= 11 is 1.54. The summed E-state index contributed by atoms with van der Waals surface area (Å²) in [7, 11) is 0. The first-order valence-electron chi connectivity index (χ1n) is 8.49. The van der Waals surface area contributed by atoms with E-state index in [2.05, 4.69) is 24.1 Å². The molecule has 6 heteroatoms. The Morgan fingerprint density at radius 1 is 1.32 bits per heavy atom. The minimum Gasteiger partial charge on any atom is -0.326 e.